The first-order valence-corrected chi connectivity index (χ1v) is 14.2. The number of imidazole rings is 1. The Morgan fingerprint density at radius 1 is 1.02 bits per heavy atom. The number of halogens is 3. The lowest BCUT2D eigenvalue weighted by atomic mass is 9.89. The zero-order valence-corrected chi connectivity index (χ0v) is 22.7. The van der Waals surface area contributed by atoms with Crippen molar-refractivity contribution in [1.29, 1.82) is 0 Å². The third-order valence-electron chi connectivity index (χ3n) is 8.29. The molecule has 10 heteroatoms. The highest BCUT2D eigenvalue weighted by molar-refractivity contribution is 5.90. The number of fused-ring (bicyclic) bond motifs is 1. The van der Waals surface area contributed by atoms with Crippen molar-refractivity contribution in [3.63, 3.8) is 0 Å². The highest BCUT2D eigenvalue weighted by Gasteiger charge is 2.32. The van der Waals surface area contributed by atoms with Gasteiger partial charge in [-0.1, -0.05) is 36.4 Å². The average Bonchev–Trinajstić information content (AvgIpc) is 3.39. The van der Waals surface area contributed by atoms with E-state index in [9.17, 15) is 13.2 Å². The maximum absolute atomic E-state index is 12.7. The molecule has 0 bridgehead atoms. The Labute approximate surface area is 231 Å². The molecule has 1 aliphatic carbocycles. The Morgan fingerprint density at radius 2 is 1.77 bits per heavy atom. The van der Waals surface area contributed by atoms with E-state index < -0.39 is 12.7 Å². The summed E-state index contributed by atoms with van der Waals surface area (Å²) in [5.41, 5.74) is 6.56. The number of aromatic amines is 1. The molecule has 1 unspecified atom stereocenters. The molecular weight excluding hydrogens is 517 g/mol. The molecule has 0 saturated carbocycles. The van der Waals surface area contributed by atoms with E-state index >= 15 is 0 Å². The summed E-state index contributed by atoms with van der Waals surface area (Å²) in [6, 6.07) is 8.18. The van der Waals surface area contributed by atoms with E-state index in [1.807, 2.05) is 12.1 Å². The van der Waals surface area contributed by atoms with Crippen LogP contribution >= 0.6 is 0 Å². The molecule has 1 aromatic carbocycles. The first kappa shape index (κ1) is 27.1. The maximum atomic E-state index is 12.7. The van der Waals surface area contributed by atoms with Gasteiger partial charge in [0.2, 0.25) is 0 Å². The normalized spacial score (nSPS) is 21.9. The second-order valence-corrected chi connectivity index (χ2v) is 11.2. The molecule has 2 N–H and O–H groups in total. The number of alkyl halides is 3. The van der Waals surface area contributed by atoms with Crippen LogP contribution in [0.1, 0.15) is 56.2 Å². The van der Waals surface area contributed by atoms with Crippen LogP contribution in [-0.4, -0.2) is 75.9 Å². The summed E-state index contributed by atoms with van der Waals surface area (Å²) in [6.45, 7) is 4.24. The molecule has 2 aliphatic heterocycles. The standard InChI is InChI=1S/C30H35F3N6O/c1-19-16-23(6-7-25(19)40-24-8-12-34-13-9-24)26-27-29(36-18-35-26)38-28(37-27)22-4-2-20(3-5-22)21-10-14-39(15-11-21)17-30(31,32)33/h2-6,16,18,21,24-25,34H,7-15,17H2,1H3,(H,35,36,37,38). The number of piperidine rings is 2. The lowest BCUT2D eigenvalue weighted by Crippen LogP contribution is -2.39. The lowest BCUT2D eigenvalue weighted by Gasteiger charge is -2.32. The predicted octanol–water partition coefficient (Wildman–Crippen LogP) is 5.63. The molecule has 1 atom stereocenters. The van der Waals surface area contributed by atoms with Crippen molar-refractivity contribution in [3.8, 4) is 11.4 Å². The van der Waals surface area contributed by atoms with Crippen LogP contribution in [-0.2, 0) is 4.74 Å². The molecule has 0 radical (unpaired) electrons. The Hall–Kier alpha value is -3.08. The van der Waals surface area contributed by atoms with E-state index in [1.54, 1.807) is 6.33 Å². The second kappa shape index (κ2) is 11.4. The maximum Gasteiger partial charge on any atom is 0.401 e. The third-order valence-corrected chi connectivity index (χ3v) is 8.29. The highest BCUT2D eigenvalue weighted by atomic mass is 19.4. The Balaban J connectivity index is 1.15. The van der Waals surface area contributed by atoms with E-state index in [0.29, 0.717) is 30.7 Å². The lowest BCUT2D eigenvalue weighted by molar-refractivity contribution is -0.147. The van der Waals surface area contributed by atoms with Crippen LogP contribution < -0.4 is 5.32 Å². The summed E-state index contributed by atoms with van der Waals surface area (Å²) in [5.74, 6) is 0.982. The van der Waals surface area contributed by atoms with E-state index in [2.05, 4.69) is 51.5 Å². The summed E-state index contributed by atoms with van der Waals surface area (Å²) in [5, 5.41) is 3.38. The van der Waals surface area contributed by atoms with Gasteiger partial charge in [-0.3, -0.25) is 4.90 Å². The van der Waals surface area contributed by atoms with Crippen LogP contribution in [0.4, 0.5) is 13.2 Å². The molecule has 2 fully saturated rings. The zero-order chi connectivity index (χ0) is 27.7. The minimum atomic E-state index is -4.14. The van der Waals surface area contributed by atoms with Crippen molar-refractivity contribution in [3.05, 3.63) is 59.6 Å². The van der Waals surface area contributed by atoms with Gasteiger partial charge in [-0.25, -0.2) is 15.0 Å². The first-order valence-electron chi connectivity index (χ1n) is 14.2. The van der Waals surface area contributed by atoms with Gasteiger partial charge in [0.15, 0.2) is 5.65 Å². The topological polar surface area (TPSA) is 79.0 Å². The van der Waals surface area contributed by atoms with E-state index in [4.69, 9.17) is 9.72 Å². The fourth-order valence-electron chi connectivity index (χ4n) is 6.08. The third kappa shape index (κ3) is 6.14. The Morgan fingerprint density at radius 3 is 2.48 bits per heavy atom. The molecule has 7 nitrogen and oxygen atoms in total. The zero-order valence-electron chi connectivity index (χ0n) is 22.7. The monoisotopic (exact) mass is 552 g/mol. The van der Waals surface area contributed by atoms with Gasteiger partial charge in [0, 0.05) is 5.56 Å². The smallest absolute Gasteiger partial charge is 0.370 e. The van der Waals surface area contributed by atoms with Gasteiger partial charge < -0.3 is 15.0 Å². The average molecular weight is 553 g/mol. The molecule has 4 heterocycles. The summed E-state index contributed by atoms with van der Waals surface area (Å²) >= 11 is 0. The van der Waals surface area contributed by atoms with Gasteiger partial charge in [-0.05, 0) is 87.8 Å². The highest BCUT2D eigenvalue weighted by Crippen LogP contribution is 2.33. The first-order chi connectivity index (χ1) is 19.3. The number of allylic oxidation sites excluding steroid dienone is 2. The molecular formula is C30H35F3N6O. The Bertz CT molecular complexity index is 1380. The van der Waals surface area contributed by atoms with Gasteiger partial charge in [0.25, 0.3) is 0 Å². The molecule has 0 spiro atoms. The van der Waals surface area contributed by atoms with E-state index in [1.165, 1.54) is 10.5 Å². The molecule has 212 valence electrons. The van der Waals surface area contributed by atoms with Gasteiger partial charge >= 0.3 is 6.18 Å². The molecule has 2 saturated heterocycles. The number of likely N-dealkylation sites (tertiary alicyclic amines) is 1. The van der Waals surface area contributed by atoms with Gasteiger partial charge in [-0.2, -0.15) is 13.2 Å². The summed E-state index contributed by atoms with van der Waals surface area (Å²) in [7, 11) is 0. The van der Waals surface area contributed by atoms with Crippen LogP contribution in [0, 0.1) is 0 Å². The number of aromatic nitrogens is 4. The van der Waals surface area contributed by atoms with Gasteiger partial charge in [-0.15, -0.1) is 0 Å². The van der Waals surface area contributed by atoms with Crippen LogP contribution in [0.2, 0.25) is 0 Å². The van der Waals surface area contributed by atoms with Crippen molar-refractivity contribution >= 4 is 16.7 Å². The van der Waals surface area contributed by atoms with Crippen LogP contribution in [0.3, 0.4) is 0 Å². The minimum absolute atomic E-state index is 0.0943. The van der Waals surface area contributed by atoms with Crippen molar-refractivity contribution < 1.29 is 17.9 Å². The fourth-order valence-corrected chi connectivity index (χ4v) is 6.08. The molecule has 0 amide bonds. The number of ether oxygens (including phenoxy) is 1. The SMILES string of the molecule is CC1=CC(c2ncnc3nc(-c4ccc(C5CCN(CC(F)(F)F)CC5)cc4)[nH]c23)=CCC1OC1CCNCC1. The van der Waals surface area contributed by atoms with E-state index in [-0.39, 0.29) is 12.0 Å². The number of benzene rings is 1. The number of hydrogen-bond donors (Lipinski definition) is 2. The van der Waals surface area contributed by atoms with E-state index in [0.717, 1.165) is 73.1 Å². The Kier molecular flexibility index (Phi) is 7.74. The molecule has 3 aliphatic rings. The molecule has 2 aromatic heterocycles. The number of nitrogens with zero attached hydrogens (tertiary/aromatic N) is 4. The largest absolute Gasteiger partial charge is 0.401 e. The quantitative estimate of drug-likeness (QED) is 0.413. The van der Waals surface area contributed by atoms with Gasteiger partial charge in [0.1, 0.15) is 17.7 Å². The molecule has 3 aromatic rings. The predicted molar refractivity (Wildman–Crippen MR) is 149 cm³/mol. The molecule has 40 heavy (non-hydrogen) atoms. The van der Waals surface area contributed by atoms with Crippen molar-refractivity contribution in [2.24, 2.45) is 0 Å². The number of rotatable bonds is 6. The fraction of sp³-hybridized carbons (Fsp3) is 0.500. The summed E-state index contributed by atoms with van der Waals surface area (Å²) in [4.78, 5) is 18.7. The van der Waals surface area contributed by atoms with Crippen LogP contribution in [0.5, 0.6) is 0 Å². The minimum Gasteiger partial charge on any atom is -0.370 e. The number of H-pyrrole nitrogens is 1. The molecule has 6 rings (SSSR count). The number of hydrogen-bond acceptors (Lipinski definition) is 6. The van der Waals surface area contributed by atoms with Crippen molar-refractivity contribution in [2.45, 2.75) is 63.3 Å². The summed E-state index contributed by atoms with van der Waals surface area (Å²) < 4.78 is 44.5. The van der Waals surface area contributed by atoms with Crippen molar-refractivity contribution in [1.82, 2.24) is 30.2 Å². The second-order valence-electron chi connectivity index (χ2n) is 11.2. The summed E-state index contributed by atoms with van der Waals surface area (Å²) in [6.07, 6.45) is 6.52. The van der Waals surface area contributed by atoms with Gasteiger partial charge in [0.05, 0.1) is 24.4 Å². The van der Waals surface area contributed by atoms with Crippen LogP contribution in [0.15, 0.2) is 48.3 Å². The number of nitrogens with one attached hydrogen (secondary N) is 2. The van der Waals surface area contributed by atoms with Crippen LogP contribution in [0.25, 0.3) is 28.1 Å². The van der Waals surface area contributed by atoms with Crippen molar-refractivity contribution in [2.75, 3.05) is 32.7 Å².